The van der Waals surface area contributed by atoms with Crippen LogP contribution in [0.5, 0.6) is 0 Å². The van der Waals surface area contributed by atoms with E-state index in [0.29, 0.717) is 11.9 Å². The number of hydrogen-bond acceptors (Lipinski definition) is 6. The monoisotopic (exact) mass is 419 g/mol. The van der Waals surface area contributed by atoms with Gasteiger partial charge in [-0.05, 0) is 42.0 Å². The van der Waals surface area contributed by atoms with E-state index in [1.165, 1.54) is 0 Å². The highest BCUT2D eigenvalue weighted by Crippen LogP contribution is 2.18. The second kappa shape index (κ2) is 10.8. The number of fused-ring (bicyclic) bond motifs is 1. The molecule has 1 saturated heterocycles. The molecule has 1 aliphatic heterocycles. The van der Waals surface area contributed by atoms with Crippen molar-refractivity contribution in [2.45, 2.75) is 25.9 Å². The number of aromatic nitrogens is 1. The van der Waals surface area contributed by atoms with Crippen LogP contribution in [0, 0.1) is 0 Å². The first kappa shape index (κ1) is 21.8. The third-order valence-electron chi connectivity index (χ3n) is 5.05. The van der Waals surface area contributed by atoms with E-state index in [2.05, 4.69) is 4.90 Å². The topological polar surface area (TPSA) is 97.8 Å². The molecule has 29 heavy (non-hydrogen) atoms. The predicted molar refractivity (Wildman–Crippen MR) is 116 cm³/mol. The molecule has 158 valence electrons. The van der Waals surface area contributed by atoms with Crippen LogP contribution in [0.15, 0.2) is 29.2 Å². The Labute approximate surface area is 174 Å². The second-order valence-electron chi connectivity index (χ2n) is 7.21. The lowest BCUT2D eigenvalue weighted by Gasteiger charge is -2.26. The van der Waals surface area contributed by atoms with Crippen LogP contribution in [0.4, 0.5) is 0 Å². The van der Waals surface area contributed by atoms with Gasteiger partial charge in [0, 0.05) is 44.4 Å². The van der Waals surface area contributed by atoms with Crippen LogP contribution in [-0.4, -0.2) is 64.9 Å². The highest BCUT2D eigenvalue weighted by Gasteiger charge is 2.15. The van der Waals surface area contributed by atoms with Gasteiger partial charge in [-0.15, -0.1) is 0 Å². The number of ether oxygens (including phenoxy) is 1. The lowest BCUT2D eigenvalue weighted by molar-refractivity contribution is 0.0342. The number of pyridine rings is 1. The number of primary amides is 1. The summed E-state index contributed by atoms with van der Waals surface area (Å²) in [6, 6.07) is 5.91. The predicted octanol–water partition coefficient (Wildman–Crippen LogP) is 1.44. The summed E-state index contributed by atoms with van der Waals surface area (Å²) in [4.78, 5) is 27.0. The van der Waals surface area contributed by atoms with Crippen molar-refractivity contribution in [1.29, 1.82) is 0 Å². The van der Waals surface area contributed by atoms with Crippen LogP contribution in [0.25, 0.3) is 10.9 Å². The minimum Gasteiger partial charge on any atom is -0.396 e. The number of hydrogen-bond donors (Lipinski definition) is 2. The normalized spacial score (nSPS) is 15.1. The molecule has 0 saturated carbocycles. The van der Waals surface area contributed by atoms with Gasteiger partial charge in [0.1, 0.15) is 5.56 Å². The molecule has 0 atom stereocenters. The number of aliphatic hydroxyl groups is 1. The molecule has 8 heteroatoms. The van der Waals surface area contributed by atoms with E-state index in [-0.39, 0.29) is 17.6 Å². The average molecular weight is 420 g/mol. The molecule has 1 aromatic heterocycles. The molecule has 1 amide bonds. The molecule has 1 aromatic carbocycles. The minimum atomic E-state index is -0.693. The summed E-state index contributed by atoms with van der Waals surface area (Å²) in [5, 5.41) is 9.40. The van der Waals surface area contributed by atoms with E-state index in [0.717, 1.165) is 68.3 Å². The van der Waals surface area contributed by atoms with Crippen molar-refractivity contribution >= 4 is 28.6 Å². The number of nitrogens with two attached hydrogens (primary N) is 1. The summed E-state index contributed by atoms with van der Waals surface area (Å²) >= 11 is 1.80. The van der Waals surface area contributed by atoms with Crippen LogP contribution in [0.1, 0.15) is 28.8 Å². The Morgan fingerprint density at radius 1 is 1.21 bits per heavy atom. The van der Waals surface area contributed by atoms with Crippen molar-refractivity contribution in [1.82, 2.24) is 9.47 Å². The van der Waals surface area contributed by atoms with Gasteiger partial charge in [0.15, 0.2) is 0 Å². The molecule has 2 aromatic rings. The first-order valence-corrected chi connectivity index (χ1v) is 11.2. The smallest absolute Gasteiger partial charge is 0.254 e. The quantitative estimate of drug-likeness (QED) is 0.566. The van der Waals surface area contributed by atoms with Crippen molar-refractivity contribution in [2.24, 2.45) is 5.73 Å². The first-order valence-electron chi connectivity index (χ1n) is 10.0. The fourth-order valence-corrected chi connectivity index (χ4v) is 4.40. The van der Waals surface area contributed by atoms with Crippen molar-refractivity contribution in [3.8, 4) is 0 Å². The Hall–Kier alpha value is -1.87. The molecule has 0 bridgehead atoms. The molecule has 1 aliphatic rings. The number of aryl methyl sites for hydroxylation is 1. The second-order valence-corrected chi connectivity index (χ2v) is 8.44. The maximum absolute atomic E-state index is 12.8. The summed E-state index contributed by atoms with van der Waals surface area (Å²) in [6.45, 7) is 4.86. The van der Waals surface area contributed by atoms with Crippen molar-refractivity contribution in [3.05, 3.63) is 45.7 Å². The minimum absolute atomic E-state index is 0.0361. The molecule has 2 heterocycles. The molecule has 1 fully saturated rings. The number of carbonyl (C=O) groups excluding carboxylic acids is 1. The van der Waals surface area contributed by atoms with Crippen molar-refractivity contribution in [2.75, 3.05) is 44.4 Å². The fourth-order valence-electron chi connectivity index (χ4n) is 3.53. The maximum Gasteiger partial charge on any atom is 0.254 e. The van der Waals surface area contributed by atoms with E-state index in [1.54, 1.807) is 18.0 Å². The Bertz CT molecular complexity index is 893. The SMILES string of the molecule is NC(=O)c1cn(CCCSCCCO)c2ccc(CN3CCOCC3)cc2c1=O. The number of carbonyl (C=O) groups is 1. The van der Waals surface area contributed by atoms with Crippen LogP contribution in [0.3, 0.4) is 0 Å². The third kappa shape index (κ3) is 5.82. The van der Waals surface area contributed by atoms with Gasteiger partial charge in [0.2, 0.25) is 5.43 Å². The lowest BCUT2D eigenvalue weighted by atomic mass is 10.1. The van der Waals surface area contributed by atoms with E-state index in [9.17, 15) is 9.59 Å². The fraction of sp³-hybridized carbons (Fsp3) is 0.524. The molecule has 0 radical (unpaired) electrons. The van der Waals surface area contributed by atoms with Crippen molar-refractivity contribution < 1.29 is 14.6 Å². The van der Waals surface area contributed by atoms with Gasteiger partial charge in [0.05, 0.1) is 18.7 Å². The molecule has 3 N–H and O–H groups in total. The van der Waals surface area contributed by atoms with Crippen LogP contribution >= 0.6 is 11.8 Å². The Morgan fingerprint density at radius 2 is 1.97 bits per heavy atom. The van der Waals surface area contributed by atoms with Crippen LogP contribution in [0.2, 0.25) is 0 Å². The zero-order valence-electron chi connectivity index (χ0n) is 16.6. The number of morpholine rings is 1. The van der Waals surface area contributed by atoms with Gasteiger partial charge in [-0.1, -0.05) is 6.07 Å². The summed E-state index contributed by atoms with van der Waals surface area (Å²) < 4.78 is 7.35. The molecule has 3 rings (SSSR count). The van der Waals surface area contributed by atoms with E-state index < -0.39 is 5.91 Å². The Morgan fingerprint density at radius 3 is 2.69 bits per heavy atom. The number of nitrogens with zero attached hydrogens (tertiary/aromatic N) is 2. The molecule has 0 spiro atoms. The third-order valence-corrected chi connectivity index (χ3v) is 6.21. The Kier molecular flexibility index (Phi) is 8.11. The molecular formula is C21H29N3O4S. The lowest BCUT2D eigenvalue weighted by Crippen LogP contribution is -2.35. The summed E-state index contributed by atoms with van der Waals surface area (Å²) in [6.07, 6.45) is 3.29. The summed E-state index contributed by atoms with van der Waals surface area (Å²) in [7, 11) is 0. The standard InChI is InChI=1S/C21H29N3O4S/c22-21(27)18-15-24(5-1-11-29-12-2-8-25)19-4-3-16(13-17(19)20(18)26)14-23-6-9-28-10-7-23/h3-4,13,15,25H,1-2,5-12,14H2,(H2,22,27). The molecule has 0 unspecified atom stereocenters. The van der Waals surface area contributed by atoms with Crippen LogP contribution < -0.4 is 11.2 Å². The highest BCUT2D eigenvalue weighted by molar-refractivity contribution is 7.99. The molecular weight excluding hydrogens is 390 g/mol. The van der Waals surface area contributed by atoms with Gasteiger partial charge >= 0.3 is 0 Å². The van der Waals surface area contributed by atoms with Gasteiger partial charge in [-0.25, -0.2) is 0 Å². The van der Waals surface area contributed by atoms with Gasteiger partial charge in [-0.3, -0.25) is 14.5 Å². The zero-order chi connectivity index (χ0) is 20.6. The number of rotatable bonds is 10. The first-order chi connectivity index (χ1) is 14.1. The number of amides is 1. The molecule has 7 nitrogen and oxygen atoms in total. The summed E-state index contributed by atoms with van der Waals surface area (Å²) in [5.41, 5.74) is 7.08. The number of aliphatic hydroxyl groups excluding tert-OH is 1. The van der Waals surface area contributed by atoms with Crippen molar-refractivity contribution in [3.63, 3.8) is 0 Å². The van der Waals surface area contributed by atoms with Gasteiger partial charge in [0.25, 0.3) is 5.91 Å². The number of benzene rings is 1. The Balaban J connectivity index is 1.82. The zero-order valence-corrected chi connectivity index (χ0v) is 17.5. The van der Waals surface area contributed by atoms with E-state index in [1.807, 2.05) is 22.8 Å². The average Bonchev–Trinajstić information content (AvgIpc) is 2.72. The highest BCUT2D eigenvalue weighted by atomic mass is 32.2. The van der Waals surface area contributed by atoms with Gasteiger partial charge < -0.3 is 20.1 Å². The van der Waals surface area contributed by atoms with E-state index in [4.69, 9.17) is 15.6 Å². The van der Waals surface area contributed by atoms with E-state index >= 15 is 0 Å². The van der Waals surface area contributed by atoms with Gasteiger partial charge in [-0.2, -0.15) is 11.8 Å². The molecule has 0 aliphatic carbocycles. The number of thioether (sulfide) groups is 1. The summed E-state index contributed by atoms with van der Waals surface area (Å²) in [5.74, 6) is 1.19. The largest absolute Gasteiger partial charge is 0.396 e. The maximum atomic E-state index is 12.8. The van der Waals surface area contributed by atoms with Crippen LogP contribution in [-0.2, 0) is 17.8 Å².